The van der Waals surface area contributed by atoms with E-state index >= 15 is 0 Å². The number of carbonyl (C=O) groups is 1. The van der Waals surface area contributed by atoms with Crippen LogP contribution in [0.2, 0.25) is 0 Å². The molecule has 2 saturated heterocycles. The molecule has 26 heavy (non-hydrogen) atoms. The Labute approximate surface area is 152 Å². The number of rotatable bonds is 4. The van der Waals surface area contributed by atoms with E-state index in [9.17, 15) is 18.0 Å². The average Bonchev–Trinajstić information content (AvgIpc) is 3.07. The van der Waals surface area contributed by atoms with Gasteiger partial charge in [-0.25, -0.2) is 0 Å². The van der Waals surface area contributed by atoms with Crippen molar-refractivity contribution in [2.75, 3.05) is 33.2 Å². The Morgan fingerprint density at radius 1 is 1.27 bits per heavy atom. The van der Waals surface area contributed by atoms with Gasteiger partial charge in [-0.15, -0.1) is 0 Å². The molecular formula is C19H26F3N3O. The third-order valence-corrected chi connectivity index (χ3v) is 5.67. The number of hydrogen-bond donors (Lipinski definition) is 1. The number of nitrogens with one attached hydrogen (secondary N) is 1. The number of hydrogen-bond acceptors (Lipinski definition) is 3. The van der Waals surface area contributed by atoms with E-state index < -0.39 is 17.5 Å². The summed E-state index contributed by atoms with van der Waals surface area (Å²) in [5.41, 5.74) is -1.32. The fourth-order valence-electron chi connectivity index (χ4n) is 4.09. The van der Waals surface area contributed by atoms with E-state index in [0.29, 0.717) is 19.6 Å². The number of alkyl halides is 3. The molecule has 0 saturated carbocycles. The number of carbonyl (C=O) groups excluding carboxylic acids is 1. The van der Waals surface area contributed by atoms with E-state index in [0.717, 1.165) is 18.4 Å². The van der Waals surface area contributed by atoms with Crippen LogP contribution >= 0.6 is 0 Å². The summed E-state index contributed by atoms with van der Waals surface area (Å²) in [6.07, 6.45) is -3.08. The van der Waals surface area contributed by atoms with Gasteiger partial charge in [-0.1, -0.05) is 30.3 Å². The Morgan fingerprint density at radius 3 is 2.65 bits per heavy atom. The third kappa shape index (κ3) is 3.74. The quantitative estimate of drug-likeness (QED) is 0.886. The predicted octanol–water partition coefficient (Wildman–Crippen LogP) is 2.65. The van der Waals surface area contributed by atoms with Gasteiger partial charge in [-0.05, 0) is 38.4 Å². The molecule has 1 N–H and O–H groups in total. The Kier molecular flexibility index (Phi) is 5.58. The molecule has 0 bridgehead atoms. The Bertz CT molecular complexity index is 622. The van der Waals surface area contributed by atoms with Crippen molar-refractivity contribution in [1.29, 1.82) is 0 Å². The first-order chi connectivity index (χ1) is 12.4. The number of amides is 1. The van der Waals surface area contributed by atoms with Gasteiger partial charge in [-0.3, -0.25) is 9.69 Å². The van der Waals surface area contributed by atoms with E-state index in [4.69, 9.17) is 0 Å². The van der Waals surface area contributed by atoms with E-state index in [1.165, 1.54) is 4.90 Å². The highest BCUT2D eigenvalue weighted by Crippen LogP contribution is 2.47. The number of halogens is 3. The minimum absolute atomic E-state index is 0.0693. The molecule has 2 unspecified atom stereocenters. The van der Waals surface area contributed by atoms with Crippen molar-refractivity contribution in [2.24, 2.45) is 5.41 Å². The van der Waals surface area contributed by atoms with Crippen LogP contribution in [0.15, 0.2) is 30.3 Å². The lowest BCUT2D eigenvalue weighted by molar-refractivity contribution is -0.224. The molecule has 144 valence electrons. The summed E-state index contributed by atoms with van der Waals surface area (Å²) in [5, 5.41) is 3.09. The molecule has 2 heterocycles. The Morgan fingerprint density at radius 2 is 2.00 bits per heavy atom. The summed E-state index contributed by atoms with van der Waals surface area (Å²) in [6.45, 7) is 1.22. The lowest BCUT2D eigenvalue weighted by Gasteiger charge is -2.39. The largest absolute Gasteiger partial charge is 0.404 e. The van der Waals surface area contributed by atoms with Crippen LogP contribution in [-0.2, 0) is 11.3 Å². The highest BCUT2D eigenvalue weighted by atomic mass is 19.4. The lowest BCUT2D eigenvalue weighted by Crippen LogP contribution is -2.57. The highest BCUT2D eigenvalue weighted by molar-refractivity contribution is 5.84. The number of nitrogens with zero attached hydrogens (tertiary/aromatic N) is 2. The number of benzene rings is 1. The fraction of sp³-hybridized carbons (Fsp3) is 0.632. The molecular weight excluding hydrogens is 343 g/mol. The second-order valence-electron chi connectivity index (χ2n) is 7.41. The van der Waals surface area contributed by atoms with Crippen LogP contribution in [0.3, 0.4) is 0 Å². The maximum Gasteiger partial charge on any atom is 0.404 e. The molecule has 2 atom stereocenters. The summed E-state index contributed by atoms with van der Waals surface area (Å²) in [6, 6.07) is 9.50. The van der Waals surface area contributed by atoms with Crippen LogP contribution in [0.5, 0.6) is 0 Å². The standard InChI is InChI=1S/C19H26F3N3O/c1-23-16-8-5-10-25(13-16)17(26)18(19(20,21)22)9-11-24(14-18)12-15-6-3-2-4-7-15/h2-4,6-7,16,23H,5,8-14H2,1H3. The van der Waals surface area contributed by atoms with Crippen molar-refractivity contribution in [3.8, 4) is 0 Å². The molecule has 1 amide bonds. The number of likely N-dealkylation sites (tertiary alicyclic amines) is 2. The minimum Gasteiger partial charge on any atom is -0.340 e. The monoisotopic (exact) mass is 369 g/mol. The first-order valence-corrected chi connectivity index (χ1v) is 9.15. The van der Waals surface area contributed by atoms with Crippen molar-refractivity contribution in [2.45, 2.75) is 38.0 Å². The van der Waals surface area contributed by atoms with E-state index in [1.807, 2.05) is 30.3 Å². The van der Waals surface area contributed by atoms with E-state index in [1.54, 1.807) is 11.9 Å². The topological polar surface area (TPSA) is 35.6 Å². The van der Waals surface area contributed by atoms with Crippen LogP contribution in [-0.4, -0.2) is 61.2 Å². The molecule has 1 aromatic rings. The van der Waals surface area contributed by atoms with Crippen molar-refractivity contribution in [3.05, 3.63) is 35.9 Å². The molecule has 1 aromatic carbocycles. The minimum atomic E-state index is -4.54. The van der Waals surface area contributed by atoms with Gasteiger partial charge in [0, 0.05) is 32.2 Å². The lowest BCUT2D eigenvalue weighted by atomic mass is 9.83. The summed E-state index contributed by atoms with van der Waals surface area (Å²) >= 11 is 0. The maximum atomic E-state index is 14.0. The molecule has 7 heteroatoms. The third-order valence-electron chi connectivity index (χ3n) is 5.67. The van der Waals surface area contributed by atoms with Crippen molar-refractivity contribution < 1.29 is 18.0 Å². The molecule has 0 spiro atoms. The number of piperidine rings is 1. The first-order valence-electron chi connectivity index (χ1n) is 9.15. The zero-order valence-corrected chi connectivity index (χ0v) is 15.1. The Balaban J connectivity index is 1.76. The number of likely N-dealkylation sites (N-methyl/N-ethyl adjacent to an activating group) is 1. The zero-order valence-electron chi connectivity index (χ0n) is 15.1. The summed E-state index contributed by atoms with van der Waals surface area (Å²) < 4.78 is 42.1. The van der Waals surface area contributed by atoms with Crippen molar-refractivity contribution in [1.82, 2.24) is 15.1 Å². The zero-order chi connectivity index (χ0) is 18.8. The van der Waals surface area contributed by atoms with Gasteiger partial charge in [-0.2, -0.15) is 13.2 Å². The summed E-state index contributed by atoms with van der Waals surface area (Å²) in [4.78, 5) is 16.2. The smallest absolute Gasteiger partial charge is 0.340 e. The van der Waals surface area contributed by atoms with E-state index in [2.05, 4.69) is 5.32 Å². The van der Waals surface area contributed by atoms with Crippen LogP contribution in [0.25, 0.3) is 0 Å². The van der Waals surface area contributed by atoms with Crippen molar-refractivity contribution in [3.63, 3.8) is 0 Å². The predicted molar refractivity (Wildman–Crippen MR) is 93.5 cm³/mol. The Hall–Kier alpha value is -1.60. The average molecular weight is 369 g/mol. The SMILES string of the molecule is CNC1CCCN(C(=O)C2(C(F)(F)F)CCN(Cc3ccccc3)C2)C1. The summed E-state index contributed by atoms with van der Waals surface area (Å²) in [7, 11) is 1.79. The second kappa shape index (κ2) is 7.56. The van der Waals surface area contributed by atoms with Gasteiger partial charge in [0.15, 0.2) is 5.41 Å². The molecule has 3 rings (SSSR count). The maximum absolute atomic E-state index is 14.0. The van der Waals surface area contributed by atoms with Gasteiger partial charge in [0.2, 0.25) is 5.91 Å². The molecule has 2 fully saturated rings. The first kappa shape index (κ1) is 19.2. The second-order valence-corrected chi connectivity index (χ2v) is 7.41. The van der Waals surface area contributed by atoms with Gasteiger partial charge in [0.1, 0.15) is 0 Å². The van der Waals surface area contributed by atoms with Crippen LogP contribution in [0, 0.1) is 5.41 Å². The van der Waals surface area contributed by atoms with Gasteiger partial charge in [0.05, 0.1) is 0 Å². The van der Waals surface area contributed by atoms with Gasteiger partial charge < -0.3 is 10.2 Å². The van der Waals surface area contributed by atoms with Gasteiger partial charge >= 0.3 is 6.18 Å². The van der Waals surface area contributed by atoms with Crippen LogP contribution < -0.4 is 5.32 Å². The molecule has 4 nitrogen and oxygen atoms in total. The van der Waals surface area contributed by atoms with Gasteiger partial charge in [0.25, 0.3) is 0 Å². The fourth-order valence-corrected chi connectivity index (χ4v) is 4.09. The normalized spacial score (nSPS) is 27.7. The van der Waals surface area contributed by atoms with Crippen LogP contribution in [0.4, 0.5) is 13.2 Å². The van der Waals surface area contributed by atoms with Crippen LogP contribution in [0.1, 0.15) is 24.8 Å². The molecule has 2 aliphatic rings. The molecule has 0 radical (unpaired) electrons. The highest BCUT2D eigenvalue weighted by Gasteiger charge is 2.64. The molecule has 0 aliphatic carbocycles. The van der Waals surface area contributed by atoms with Crippen molar-refractivity contribution >= 4 is 5.91 Å². The molecule has 2 aliphatic heterocycles. The molecule has 0 aromatic heterocycles. The summed E-state index contributed by atoms with van der Waals surface area (Å²) in [5.74, 6) is -0.750. The van der Waals surface area contributed by atoms with E-state index in [-0.39, 0.29) is 25.6 Å².